The monoisotopic (exact) mass is 314 g/mol. The number of nitrogens with two attached hydrogens (primary N) is 1. The van der Waals surface area contributed by atoms with Crippen LogP contribution in [0.4, 0.5) is 14.5 Å². The van der Waals surface area contributed by atoms with Gasteiger partial charge in [0.2, 0.25) is 5.91 Å². The van der Waals surface area contributed by atoms with Crippen molar-refractivity contribution >= 4 is 23.4 Å². The highest BCUT2D eigenvalue weighted by atomic mass is 32.2. The van der Waals surface area contributed by atoms with E-state index in [-0.39, 0.29) is 17.7 Å². The molecular weight excluding hydrogens is 294 g/mol. The van der Waals surface area contributed by atoms with Gasteiger partial charge in [0.25, 0.3) is 5.76 Å². The number of rotatable bonds is 5. The van der Waals surface area contributed by atoms with Crippen molar-refractivity contribution in [2.24, 2.45) is 17.6 Å². The highest BCUT2D eigenvalue weighted by molar-refractivity contribution is 7.99. The molecule has 0 aromatic heterocycles. The molecule has 2 rings (SSSR count). The number of hydrogen-bond acceptors (Lipinski definition) is 3. The largest absolute Gasteiger partial charge is 0.330 e. The van der Waals surface area contributed by atoms with Gasteiger partial charge in [-0.1, -0.05) is 36.7 Å². The van der Waals surface area contributed by atoms with Crippen LogP contribution in [-0.2, 0) is 4.79 Å². The zero-order valence-corrected chi connectivity index (χ0v) is 12.5. The summed E-state index contributed by atoms with van der Waals surface area (Å²) in [5.41, 5.74) is 6.19. The Morgan fingerprint density at radius 3 is 2.76 bits per heavy atom. The summed E-state index contributed by atoms with van der Waals surface area (Å²) < 4.78 is 25.1. The molecule has 1 aliphatic carbocycles. The number of alkyl halides is 2. The van der Waals surface area contributed by atoms with E-state index in [1.54, 1.807) is 24.3 Å². The smallest absolute Gasteiger partial charge is 0.288 e. The number of anilines is 1. The fraction of sp³-hybridized carbons (Fsp3) is 0.533. The van der Waals surface area contributed by atoms with Crippen LogP contribution in [0, 0.1) is 11.8 Å². The average Bonchev–Trinajstić information content (AvgIpc) is 2.48. The lowest BCUT2D eigenvalue weighted by Crippen LogP contribution is -2.35. The van der Waals surface area contributed by atoms with Crippen molar-refractivity contribution in [2.45, 2.75) is 36.3 Å². The van der Waals surface area contributed by atoms with Crippen LogP contribution in [0.5, 0.6) is 0 Å². The quantitative estimate of drug-likeness (QED) is 0.815. The molecule has 1 aromatic carbocycles. The van der Waals surface area contributed by atoms with Crippen molar-refractivity contribution in [3.05, 3.63) is 24.3 Å². The first-order valence-corrected chi connectivity index (χ1v) is 8.04. The van der Waals surface area contributed by atoms with Crippen LogP contribution in [-0.4, -0.2) is 18.2 Å². The van der Waals surface area contributed by atoms with Crippen molar-refractivity contribution in [2.75, 3.05) is 11.9 Å². The van der Waals surface area contributed by atoms with Gasteiger partial charge in [-0.15, -0.1) is 0 Å². The summed E-state index contributed by atoms with van der Waals surface area (Å²) in [4.78, 5) is 12.8. The summed E-state index contributed by atoms with van der Waals surface area (Å²) in [6.45, 7) is 0.492. The molecule has 116 valence electrons. The molecular formula is C15H20F2N2OS. The minimum atomic E-state index is -2.51. The molecule has 2 atom stereocenters. The van der Waals surface area contributed by atoms with Crippen LogP contribution in [0.3, 0.4) is 0 Å². The van der Waals surface area contributed by atoms with Gasteiger partial charge in [-0.3, -0.25) is 4.79 Å². The van der Waals surface area contributed by atoms with E-state index in [1.165, 1.54) is 0 Å². The van der Waals surface area contributed by atoms with Gasteiger partial charge in [0.1, 0.15) is 0 Å². The third-order valence-corrected chi connectivity index (χ3v) is 4.70. The first-order chi connectivity index (χ1) is 10.1. The van der Waals surface area contributed by atoms with E-state index in [0.29, 0.717) is 28.9 Å². The minimum absolute atomic E-state index is 0.104. The highest BCUT2D eigenvalue weighted by Gasteiger charge is 2.30. The molecule has 21 heavy (non-hydrogen) atoms. The standard InChI is InChI=1S/C15H20F2N2OS/c16-15(17)21-13-8-4-3-7-12(13)19-14(20)11-6-2-1-5-10(11)9-18/h3-4,7-8,10-11,15H,1-2,5-6,9,18H2,(H,19,20). The molecule has 0 saturated heterocycles. The number of halogens is 2. The second-order valence-corrected chi connectivity index (χ2v) is 6.28. The summed E-state index contributed by atoms with van der Waals surface area (Å²) >= 11 is 0.447. The van der Waals surface area contributed by atoms with E-state index in [2.05, 4.69) is 5.32 Å². The lowest BCUT2D eigenvalue weighted by Gasteiger charge is -2.29. The van der Waals surface area contributed by atoms with Gasteiger partial charge >= 0.3 is 0 Å². The Morgan fingerprint density at radius 2 is 2.05 bits per heavy atom. The zero-order valence-electron chi connectivity index (χ0n) is 11.7. The van der Waals surface area contributed by atoms with Gasteiger partial charge in [0, 0.05) is 10.8 Å². The molecule has 0 bridgehead atoms. The van der Waals surface area contributed by atoms with Gasteiger partial charge in [-0.2, -0.15) is 8.78 Å². The third-order valence-electron chi connectivity index (χ3n) is 3.91. The number of para-hydroxylation sites is 1. The number of carbonyl (C=O) groups excluding carboxylic acids is 1. The molecule has 0 spiro atoms. The van der Waals surface area contributed by atoms with Gasteiger partial charge < -0.3 is 11.1 Å². The van der Waals surface area contributed by atoms with Gasteiger partial charge in [0.05, 0.1) is 5.69 Å². The van der Waals surface area contributed by atoms with Crippen LogP contribution in [0.25, 0.3) is 0 Å². The molecule has 3 nitrogen and oxygen atoms in total. The molecule has 2 unspecified atom stereocenters. The Labute approximate surface area is 127 Å². The number of benzene rings is 1. The topological polar surface area (TPSA) is 55.1 Å². The predicted molar refractivity (Wildman–Crippen MR) is 81.4 cm³/mol. The fourth-order valence-electron chi connectivity index (χ4n) is 2.83. The molecule has 0 heterocycles. The summed E-state index contributed by atoms with van der Waals surface area (Å²) in [5, 5.41) is 2.80. The van der Waals surface area contributed by atoms with Gasteiger partial charge in [0.15, 0.2) is 0 Å². The van der Waals surface area contributed by atoms with E-state index in [1.807, 2.05) is 0 Å². The molecule has 1 saturated carbocycles. The van der Waals surface area contributed by atoms with E-state index in [9.17, 15) is 13.6 Å². The molecule has 1 aliphatic rings. The van der Waals surface area contributed by atoms with Crippen molar-refractivity contribution in [3.63, 3.8) is 0 Å². The normalized spacial score (nSPS) is 22.3. The van der Waals surface area contributed by atoms with E-state index in [4.69, 9.17) is 5.73 Å². The summed E-state index contributed by atoms with van der Waals surface area (Å²) in [6.07, 6.45) is 3.89. The minimum Gasteiger partial charge on any atom is -0.330 e. The molecule has 1 fully saturated rings. The second kappa shape index (κ2) is 7.75. The number of thioether (sulfide) groups is 1. The number of nitrogens with one attached hydrogen (secondary N) is 1. The van der Waals surface area contributed by atoms with Crippen molar-refractivity contribution in [1.82, 2.24) is 0 Å². The Kier molecular flexibility index (Phi) is 5.99. The molecule has 0 radical (unpaired) electrons. The Morgan fingerprint density at radius 1 is 1.33 bits per heavy atom. The van der Waals surface area contributed by atoms with Crippen LogP contribution in [0.15, 0.2) is 29.2 Å². The maximum atomic E-state index is 12.5. The van der Waals surface area contributed by atoms with Crippen LogP contribution in [0.1, 0.15) is 25.7 Å². The fourth-order valence-corrected chi connectivity index (χ4v) is 3.42. The Hall–Kier alpha value is -1.14. The van der Waals surface area contributed by atoms with E-state index in [0.717, 1.165) is 25.7 Å². The van der Waals surface area contributed by atoms with Crippen LogP contribution in [0.2, 0.25) is 0 Å². The molecule has 6 heteroatoms. The lowest BCUT2D eigenvalue weighted by molar-refractivity contribution is -0.122. The Balaban J connectivity index is 2.08. The van der Waals surface area contributed by atoms with E-state index >= 15 is 0 Å². The maximum absolute atomic E-state index is 12.5. The maximum Gasteiger partial charge on any atom is 0.288 e. The van der Waals surface area contributed by atoms with Gasteiger partial charge in [-0.05, 0) is 37.4 Å². The van der Waals surface area contributed by atoms with Crippen LogP contribution < -0.4 is 11.1 Å². The average molecular weight is 314 g/mol. The predicted octanol–water partition coefficient (Wildman–Crippen LogP) is 3.70. The first kappa shape index (κ1) is 16.2. The number of amides is 1. The van der Waals surface area contributed by atoms with Gasteiger partial charge in [-0.25, -0.2) is 0 Å². The Bertz CT molecular complexity index is 484. The number of carbonyl (C=O) groups is 1. The summed E-state index contributed by atoms with van der Waals surface area (Å²) in [5.74, 6) is -2.54. The van der Waals surface area contributed by atoms with Crippen LogP contribution >= 0.6 is 11.8 Å². The third kappa shape index (κ3) is 4.41. The summed E-state index contributed by atoms with van der Waals surface area (Å²) in [6, 6.07) is 6.66. The summed E-state index contributed by atoms with van der Waals surface area (Å²) in [7, 11) is 0. The SMILES string of the molecule is NCC1CCCCC1C(=O)Nc1ccccc1SC(F)F. The highest BCUT2D eigenvalue weighted by Crippen LogP contribution is 2.34. The van der Waals surface area contributed by atoms with E-state index < -0.39 is 5.76 Å². The van der Waals surface area contributed by atoms with Crippen molar-refractivity contribution < 1.29 is 13.6 Å². The molecule has 1 amide bonds. The zero-order chi connectivity index (χ0) is 15.2. The molecule has 3 N–H and O–H groups in total. The molecule has 0 aliphatic heterocycles. The lowest BCUT2D eigenvalue weighted by atomic mass is 9.78. The van der Waals surface area contributed by atoms with Crippen molar-refractivity contribution in [1.29, 1.82) is 0 Å². The molecule has 1 aromatic rings. The van der Waals surface area contributed by atoms with Crippen molar-refractivity contribution in [3.8, 4) is 0 Å². The second-order valence-electron chi connectivity index (χ2n) is 5.25. The first-order valence-electron chi connectivity index (χ1n) is 7.16. The number of hydrogen-bond donors (Lipinski definition) is 2.